The van der Waals surface area contributed by atoms with E-state index < -0.39 is 6.04 Å². The molecule has 3 aromatic rings. The third-order valence-electron chi connectivity index (χ3n) is 5.27. The van der Waals surface area contributed by atoms with Crippen molar-refractivity contribution < 1.29 is 13.9 Å². The van der Waals surface area contributed by atoms with Crippen LogP contribution < -0.4 is 10.2 Å². The van der Waals surface area contributed by atoms with Gasteiger partial charge in [0.25, 0.3) is 5.91 Å². The zero-order valence-corrected chi connectivity index (χ0v) is 16.8. The van der Waals surface area contributed by atoms with E-state index in [2.05, 4.69) is 13.8 Å². The van der Waals surface area contributed by atoms with Crippen LogP contribution in [-0.2, 0) is 0 Å². The summed E-state index contributed by atoms with van der Waals surface area (Å²) in [4.78, 5) is 28.3. The summed E-state index contributed by atoms with van der Waals surface area (Å²) in [5.41, 5.74) is 1.60. The molecule has 0 radical (unpaired) electrons. The van der Waals surface area contributed by atoms with Crippen LogP contribution in [0.15, 0.2) is 57.7 Å². The van der Waals surface area contributed by atoms with Crippen molar-refractivity contribution in [3.05, 3.63) is 75.6 Å². The van der Waals surface area contributed by atoms with E-state index in [1.54, 1.807) is 23.1 Å². The topological polar surface area (TPSA) is 59.8 Å². The van der Waals surface area contributed by atoms with Gasteiger partial charge in [-0.2, -0.15) is 0 Å². The van der Waals surface area contributed by atoms with Crippen LogP contribution in [0.1, 0.15) is 60.8 Å². The molecule has 4 rings (SSSR count). The maximum absolute atomic E-state index is 13.4. The largest absolute Gasteiger partial charge is 0.494 e. The van der Waals surface area contributed by atoms with E-state index in [4.69, 9.17) is 9.15 Å². The maximum Gasteiger partial charge on any atom is 0.290 e. The first-order valence-corrected chi connectivity index (χ1v) is 10.2. The zero-order chi connectivity index (χ0) is 20.4. The number of rotatable bonds is 7. The highest BCUT2D eigenvalue weighted by molar-refractivity contribution is 5.99. The van der Waals surface area contributed by atoms with Crippen molar-refractivity contribution in [3.63, 3.8) is 0 Å². The number of benzene rings is 2. The molecule has 5 heteroatoms. The minimum absolute atomic E-state index is 0.140. The molecule has 0 bridgehead atoms. The molecule has 1 amide bonds. The van der Waals surface area contributed by atoms with Crippen LogP contribution >= 0.6 is 0 Å². The summed E-state index contributed by atoms with van der Waals surface area (Å²) >= 11 is 0. The number of carbonyl (C=O) groups excluding carboxylic acids is 1. The minimum Gasteiger partial charge on any atom is -0.494 e. The average molecular weight is 391 g/mol. The predicted molar refractivity (Wildman–Crippen MR) is 112 cm³/mol. The Hall–Kier alpha value is -3.08. The quantitative estimate of drug-likeness (QED) is 0.573. The van der Waals surface area contributed by atoms with Crippen molar-refractivity contribution in [3.8, 4) is 5.75 Å². The Kier molecular flexibility index (Phi) is 5.38. The molecule has 2 heterocycles. The summed E-state index contributed by atoms with van der Waals surface area (Å²) in [6, 6.07) is 14.3. The maximum atomic E-state index is 13.4. The molecule has 0 fully saturated rings. The van der Waals surface area contributed by atoms with Gasteiger partial charge in [-0.15, -0.1) is 0 Å². The number of fused-ring (bicyclic) bond motifs is 2. The molecule has 2 aromatic carbocycles. The summed E-state index contributed by atoms with van der Waals surface area (Å²) in [6.07, 6.45) is 2.72. The van der Waals surface area contributed by atoms with Crippen molar-refractivity contribution >= 4 is 16.9 Å². The van der Waals surface area contributed by atoms with Gasteiger partial charge in [-0.25, -0.2) is 0 Å². The summed E-state index contributed by atoms with van der Waals surface area (Å²) < 4.78 is 11.7. The standard InChI is InChI=1S/C24H25NO4/c1-3-5-13-25-21(16-9-8-10-17(15-16)28-14-4-2)20-22(26)18-11-6-7-12-19(18)29-23(20)24(25)27/h6-12,15,21H,3-5,13-14H2,1-2H3. The summed E-state index contributed by atoms with van der Waals surface area (Å²) in [6.45, 7) is 5.33. The van der Waals surface area contributed by atoms with Crippen LogP contribution in [0.3, 0.4) is 0 Å². The van der Waals surface area contributed by atoms with Gasteiger partial charge in [0, 0.05) is 6.54 Å². The minimum atomic E-state index is -0.463. The number of ether oxygens (including phenoxy) is 1. The molecule has 0 N–H and O–H groups in total. The molecule has 1 aromatic heterocycles. The van der Waals surface area contributed by atoms with Gasteiger partial charge < -0.3 is 14.1 Å². The van der Waals surface area contributed by atoms with Crippen molar-refractivity contribution in [2.75, 3.05) is 13.2 Å². The third-order valence-corrected chi connectivity index (χ3v) is 5.27. The second kappa shape index (κ2) is 8.11. The van der Waals surface area contributed by atoms with E-state index in [9.17, 15) is 9.59 Å². The van der Waals surface area contributed by atoms with Gasteiger partial charge in [0.05, 0.1) is 23.6 Å². The molecule has 1 unspecified atom stereocenters. The van der Waals surface area contributed by atoms with Crippen LogP contribution in [-0.4, -0.2) is 24.0 Å². The van der Waals surface area contributed by atoms with Crippen LogP contribution in [0.5, 0.6) is 5.75 Å². The van der Waals surface area contributed by atoms with Crippen molar-refractivity contribution in [2.24, 2.45) is 0 Å². The smallest absolute Gasteiger partial charge is 0.290 e. The Labute approximate surface area is 169 Å². The average Bonchev–Trinajstić information content (AvgIpc) is 3.03. The fraction of sp³-hybridized carbons (Fsp3) is 0.333. The summed E-state index contributed by atoms with van der Waals surface area (Å²) in [7, 11) is 0. The molecule has 0 saturated carbocycles. The number of hydrogen-bond donors (Lipinski definition) is 0. The van der Waals surface area contributed by atoms with Crippen molar-refractivity contribution in [2.45, 2.75) is 39.2 Å². The van der Waals surface area contributed by atoms with Crippen LogP contribution in [0, 0.1) is 0 Å². The number of hydrogen-bond acceptors (Lipinski definition) is 4. The Bertz CT molecular complexity index is 1100. The Morgan fingerprint density at radius 3 is 2.66 bits per heavy atom. The van der Waals surface area contributed by atoms with E-state index in [0.717, 1.165) is 30.6 Å². The van der Waals surface area contributed by atoms with E-state index in [-0.39, 0.29) is 17.1 Å². The zero-order valence-electron chi connectivity index (χ0n) is 16.8. The highest BCUT2D eigenvalue weighted by atomic mass is 16.5. The molecule has 0 aliphatic carbocycles. The first kappa shape index (κ1) is 19.2. The van der Waals surface area contributed by atoms with E-state index in [0.29, 0.717) is 29.7 Å². The Morgan fingerprint density at radius 1 is 1.03 bits per heavy atom. The monoisotopic (exact) mass is 391 g/mol. The predicted octanol–water partition coefficient (Wildman–Crippen LogP) is 4.93. The van der Waals surface area contributed by atoms with Gasteiger partial charge in [-0.3, -0.25) is 9.59 Å². The Morgan fingerprint density at radius 2 is 1.86 bits per heavy atom. The number of amides is 1. The van der Waals surface area contributed by atoms with Gasteiger partial charge in [-0.05, 0) is 42.7 Å². The van der Waals surface area contributed by atoms with Gasteiger partial charge in [-0.1, -0.05) is 44.5 Å². The molecule has 0 spiro atoms. The lowest BCUT2D eigenvalue weighted by Crippen LogP contribution is -2.30. The lowest BCUT2D eigenvalue weighted by molar-refractivity contribution is 0.0725. The molecule has 1 aliphatic rings. The molecule has 150 valence electrons. The van der Waals surface area contributed by atoms with Gasteiger partial charge in [0.1, 0.15) is 11.3 Å². The van der Waals surface area contributed by atoms with Crippen molar-refractivity contribution in [1.29, 1.82) is 0 Å². The third kappa shape index (κ3) is 3.41. The lowest BCUT2D eigenvalue weighted by Gasteiger charge is -2.25. The van der Waals surface area contributed by atoms with Gasteiger partial charge in [0.2, 0.25) is 5.76 Å². The highest BCUT2D eigenvalue weighted by Crippen LogP contribution is 2.39. The van der Waals surface area contributed by atoms with Crippen LogP contribution in [0.25, 0.3) is 11.0 Å². The van der Waals surface area contributed by atoms with Crippen molar-refractivity contribution in [1.82, 2.24) is 4.90 Å². The fourth-order valence-electron chi connectivity index (χ4n) is 3.87. The van der Waals surface area contributed by atoms with Gasteiger partial charge in [0.15, 0.2) is 5.43 Å². The number of carbonyl (C=O) groups is 1. The van der Waals surface area contributed by atoms with Gasteiger partial charge >= 0.3 is 0 Å². The van der Waals surface area contributed by atoms with E-state index in [1.165, 1.54) is 0 Å². The second-order valence-electron chi connectivity index (χ2n) is 7.35. The van der Waals surface area contributed by atoms with E-state index >= 15 is 0 Å². The molecule has 0 saturated heterocycles. The first-order chi connectivity index (χ1) is 14.2. The number of para-hydroxylation sites is 1. The van der Waals surface area contributed by atoms with E-state index in [1.807, 2.05) is 30.3 Å². The molecule has 5 nitrogen and oxygen atoms in total. The molecular formula is C24H25NO4. The summed E-state index contributed by atoms with van der Waals surface area (Å²) in [5, 5.41) is 0.500. The highest BCUT2D eigenvalue weighted by Gasteiger charge is 2.42. The number of nitrogens with zero attached hydrogens (tertiary/aromatic N) is 1. The first-order valence-electron chi connectivity index (χ1n) is 10.2. The van der Waals surface area contributed by atoms with Crippen LogP contribution in [0.2, 0.25) is 0 Å². The fourth-order valence-corrected chi connectivity index (χ4v) is 3.87. The summed E-state index contributed by atoms with van der Waals surface area (Å²) in [5.74, 6) is 0.682. The second-order valence-corrected chi connectivity index (χ2v) is 7.35. The lowest BCUT2D eigenvalue weighted by atomic mass is 9.98. The SMILES string of the molecule is CCCCN1C(=O)c2oc3ccccc3c(=O)c2C1c1cccc(OCCC)c1. The molecular weight excluding hydrogens is 366 g/mol. The number of unbranched alkanes of at least 4 members (excludes halogenated alkanes) is 1. The molecule has 29 heavy (non-hydrogen) atoms. The molecule has 1 aliphatic heterocycles. The molecule has 1 atom stereocenters. The van der Waals surface area contributed by atoms with Crippen LogP contribution in [0.4, 0.5) is 0 Å². The Balaban J connectivity index is 1.88. The normalized spacial score (nSPS) is 15.7.